The van der Waals surface area contributed by atoms with Gasteiger partial charge in [-0.15, -0.1) is 0 Å². The Bertz CT molecular complexity index is 657. The Hall–Kier alpha value is -1.84. The topological polar surface area (TPSA) is 37.4 Å². The van der Waals surface area contributed by atoms with Gasteiger partial charge in [-0.05, 0) is 30.3 Å². The van der Waals surface area contributed by atoms with Crippen LogP contribution in [-0.4, -0.2) is 11.8 Å². The fraction of sp³-hybridized carbons (Fsp3) is 0. The van der Waals surface area contributed by atoms with Gasteiger partial charge in [-0.3, -0.25) is 9.59 Å². The van der Waals surface area contributed by atoms with Crippen molar-refractivity contribution in [3.05, 3.63) is 63.6 Å². The van der Waals surface area contributed by atoms with Crippen molar-refractivity contribution in [1.29, 1.82) is 0 Å². The van der Waals surface area contributed by atoms with E-state index in [0.29, 0.717) is 5.69 Å². The van der Waals surface area contributed by atoms with Crippen molar-refractivity contribution >= 4 is 40.7 Å². The van der Waals surface area contributed by atoms with Crippen molar-refractivity contribution in [3.8, 4) is 0 Å². The molecule has 19 heavy (non-hydrogen) atoms. The highest BCUT2D eigenvalue weighted by molar-refractivity contribution is 6.44. The van der Waals surface area contributed by atoms with Crippen molar-refractivity contribution in [1.82, 2.24) is 0 Å². The van der Waals surface area contributed by atoms with Gasteiger partial charge < -0.3 is 0 Å². The van der Waals surface area contributed by atoms with Crippen LogP contribution in [0.25, 0.3) is 0 Å². The summed E-state index contributed by atoms with van der Waals surface area (Å²) in [5.41, 5.74) is 1.04. The molecule has 0 aliphatic carbocycles. The summed E-state index contributed by atoms with van der Waals surface area (Å²) in [6.45, 7) is 0. The van der Waals surface area contributed by atoms with Gasteiger partial charge in [0.25, 0.3) is 11.8 Å². The second-order valence-electron chi connectivity index (χ2n) is 4.02. The highest BCUT2D eigenvalue weighted by Crippen LogP contribution is 2.33. The Morgan fingerprint density at radius 3 is 1.84 bits per heavy atom. The molecule has 1 aliphatic rings. The van der Waals surface area contributed by atoms with Gasteiger partial charge in [0.1, 0.15) is 0 Å². The summed E-state index contributed by atoms with van der Waals surface area (Å²) in [6.07, 6.45) is 0. The third kappa shape index (κ3) is 1.82. The molecule has 1 radical (unpaired) electrons. The predicted molar refractivity (Wildman–Crippen MR) is 72.9 cm³/mol. The fourth-order valence-corrected chi connectivity index (χ4v) is 2.32. The molecule has 0 saturated carbocycles. The van der Waals surface area contributed by atoms with Crippen molar-refractivity contribution in [2.75, 3.05) is 4.90 Å². The van der Waals surface area contributed by atoms with E-state index >= 15 is 0 Å². The Morgan fingerprint density at radius 1 is 0.895 bits per heavy atom. The summed E-state index contributed by atoms with van der Waals surface area (Å²) in [6, 6.07) is 12.2. The molecule has 0 bridgehead atoms. The highest BCUT2D eigenvalue weighted by atomic mass is 35.5. The number of halogens is 2. The number of nitrogens with zero attached hydrogens (tertiary/aromatic N) is 1. The Kier molecular flexibility index (Phi) is 2.81. The van der Waals surface area contributed by atoms with Crippen LogP contribution in [0.4, 0.5) is 5.69 Å². The molecule has 0 N–H and O–H groups in total. The number of carbonyl (C=O) groups is 2. The normalized spacial score (nSPS) is 13.9. The first-order chi connectivity index (χ1) is 9.09. The van der Waals surface area contributed by atoms with E-state index in [0.717, 1.165) is 4.90 Å². The molecule has 0 spiro atoms. The molecule has 1 heterocycles. The number of imide groups is 1. The molecule has 2 amide bonds. The average molecular weight is 291 g/mol. The molecule has 0 saturated heterocycles. The Morgan fingerprint density at radius 2 is 1.37 bits per heavy atom. The zero-order chi connectivity index (χ0) is 13.6. The van der Waals surface area contributed by atoms with Gasteiger partial charge in [-0.1, -0.05) is 35.3 Å². The fourth-order valence-electron chi connectivity index (χ4n) is 2.00. The zero-order valence-corrected chi connectivity index (χ0v) is 11.0. The summed E-state index contributed by atoms with van der Waals surface area (Å²) < 4.78 is 0. The number of hydrogen-bond acceptors (Lipinski definition) is 2. The van der Waals surface area contributed by atoms with E-state index in [-0.39, 0.29) is 21.2 Å². The first-order valence-electron chi connectivity index (χ1n) is 5.43. The van der Waals surface area contributed by atoms with Gasteiger partial charge in [-0.25, -0.2) is 4.90 Å². The largest absolute Gasteiger partial charge is 0.268 e. The maximum atomic E-state index is 12.3. The van der Waals surface area contributed by atoms with E-state index in [1.165, 1.54) is 12.1 Å². The summed E-state index contributed by atoms with van der Waals surface area (Å²) in [7, 11) is 0. The third-order valence-electron chi connectivity index (χ3n) is 2.89. The Labute approximate surface area is 119 Å². The van der Waals surface area contributed by atoms with Crippen LogP contribution in [0.5, 0.6) is 0 Å². The molecule has 3 nitrogen and oxygen atoms in total. The van der Waals surface area contributed by atoms with Crippen LogP contribution in [0.15, 0.2) is 36.4 Å². The van der Waals surface area contributed by atoms with E-state index in [9.17, 15) is 9.59 Å². The van der Waals surface area contributed by atoms with Gasteiger partial charge in [-0.2, -0.15) is 0 Å². The molecule has 0 fully saturated rings. The second-order valence-corrected chi connectivity index (χ2v) is 4.83. The van der Waals surface area contributed by atoms with Gasteiger partial charge in [0.15, 0.2) is 0 Å². The lowest BCUT2D eigenvalue weighted by Crippen LogP contribution is -2.29. The van der Waals surface area contributed by atoms with E-state index in [4.69, 9.17) is 23.2 Å². The number of amides is 2. The number of rotatable bonds is 1. The quantitative estimate of drug-likeness (QED) is 0.753. The minimum absolute atomic E-state index is 0.254. The van der Waals surface area contributed by atoms with Crippen LogP contribution in [-0.2, 0) is 0 Å². The zero-order valence-electron chi connectivity index (χ0n) is 9.48. The lowest BCUT2D eigenvalue weighted by atomic mass is 10.1. The molecule has 5 heteroatoms. The number of hydrogen-bond donors (Lipinski definition) is 0. The average Bonchev–Trinajstić information content (AvgIpc) is 2.64. The monoisotopic (exact) mass is 290 g/mol. The standard InChI is InChI=1S/C14H6Cl2NO2/c15-11-6-9-10(7-12(11)16)14(19)17(13(9)18)8-4-2-1-3-5-8/h2-7H. The summed E-state index contributed by atoms with van der Waals surface area (Å²) in [5.74, 6) is -0.797. The maximum absolute atomic E-state index is 12.3. The first kappa shape index (κ1) is 12.2. The summed E-state index contributed by atoms with van der Waals surface area (Å²) in [5, 5.41) is 0.509. The first-order valence-corrected chi connectivity index (χ1v) is 6.19. The van der Waals surface area contributed by atoms with Crippen LogP contribution in [0.2, 0.25) is 10.0 Å². The van der Waals surface area contributed by atoms with E-state index in [2.05, 4.69) is 6.07 Å². The molecule has 93 valence electrons. The van der Waals surface area contributed by atoms with Crippen molar-refractivity contribution in [3.63, 3.8) is 0 Å². The molecule has 2 aromatic carbocycles. The minimum Gasteiger partial charge on any atom is -0.268 e. The van der Waals surface area contributed by atoms with Crippen molar-refractivity contribution in [2.24, 2.45) is 0 Å². The second kappa shape index (κ2) is 4.37. The van der Waals surface area contributed by atoms with Gasteiger partial charge in [0, 0.05) is 0 Å². The molecule has 0 atom stereocenters. The molecule has 0 aromatic heterocycles. The number of carbonyl (C=O) groups excluding carboxylic acids is 2. The molecule has 0 unspecified atom stereocenters. The summed E-state index contributed by atoms with van der Waals surface area (Å²) >= 11 is 11.8. The van der Waals surface area contributed by atoms with Crippen molar-refractivity contribution < 1.29 is 9.59 Å². The van der Waals surface area contributed by atoms with Gasteiger partial charge in [0.2, 0.25) is 0 Å². The maximum Gasteiger partial charge on any atom is 0.266 e. The van der Waals surface area contributed by atoms with E-state index in [1.807, 2.05) is 0 Å². The van der Waals surface area contributed by atoms with Crippen LogP contribution in [0, 0.1) is 6.07 Å². The van der Waals surface area contributed by atoms with Crippen molar-refractivity contribution in [2.45, 2.75) is 0 Å². The lowest BCUT2D eigenvalue weighted by Gasteiger charge is -2.12. The number of benzene rings is 2. The highest BCUT2D eigenvalue weighted by Gasteiger charge is 2.37. The SMILES string of the molecule is O=C1c2cc(Cl)c(Cl)cc2C(=O)N1c1cc[c]cc1. The third-order valence-corrected chi connectivity index (χ3v) is 3.61. The molecule has 1 aliphatic heterocycles. The van der Waals surface area contributed by atoms with Crippen LogP contribution < -0.4 is 4.90 Å². The van der Waals surface area contributed by atoms with Crippen LogP contribution in [0.1, 0.15) is 20.7 Å². The molecular formula is C14H6Cl2NO2. The molecular weight excluding hydrogens is 285 g/mol. The lowest BCUT2D eigenvalue weighted by molar-refractivity contribution is 0.0926. The van der Waals surface area contributed by atoms with E-state index < -0.39 is 11.8 Å². The predicted octanol–water partition coefficient (Wildman–Crippen LogP) is 3.59. The van der Waals surface area contributed by atoms with E-state index in [1.54, 1.807) is 24.3 Å². The van der Waals surface area contributed by atoms with Gasteiger partial charge in [0.05, 0.1) is 26.9 Å². The smallest absolute Gasteiger partial charge is 0.266 e. The number of anilines is 1. The molecule has 3 rings (SSSR count). The Balaban J connectivity index is 2.15. The summed E-state index contributed by atoms with van der Waals surface area (Å²) in [4.78, 5) is 25.6. The minimum atomic E-state index is -0.398. The van der Waals surface area contributed by atoms with Crippen LogP contribution >= 0.6 is 23.2 Å². The van der Waals surface area contributed by atoms with Gasteiger partial charge >= 0.3 is 0 Å². The van der Waals surface area contributed by atoms with Crippen LogP contribution in [0.3, 0.4) is 0 Å². The number of fused-ring (bicyclic) bond motifs is 1. The molecule has 2 aromatic rings.